The average molecular weight is 284 g/mol. The number of nitro groups is 1. The van der Waals surface area contributed by atoms with E-state index >= 15 is 0 Å². The van der Waals surface area contributed by atoms with Crippen LogP contribution in [0.1, 0.15) is 22.6 Å². The molecule has 0 spiro atoms. The van der Waals surface area contributed by atoms with Crippen molar-refractivity contribution in [1.29, 1.82) is 0 Å². The Labute approximate surface area is 122 Å². The molecule has 0 aromatic heterocycles. The number of fused-ring (bicyclic) bond motifs is 1. The van der Waals surface area contributed by atoms with Crippen LogP contribution in [0.3, 0.4) is 0 Å². The van der Waals surface area contributed by atoms with Crippen LogP contribution < -0.4 is 5.32 Å². The maximum atomic E-state index is 11.1. The summed E-state index contributed by atoms with van der Waals surface area (Å²) in [6, 6.07) is 13.0. The van der Waals surface area contributed by atoms with E-state index in [9.17, 15) is 15.2 Å². The zero-order valence-electron chi connectivity index (χ0n) is 11.5. The number of rotatable bonds is 2. The molecule has 0 amide bonds. The Morgan fingerprint density at radius 2 is 2.00 bits per heavy atom. The fourth-order valence-electron chi connectivity index (χ4n) is 2.89. The molecule has 1 aliphatic rings. The SMILES string of the molecule is O=[N+]([O-])c1cc2c(cc1O)CCNCC2c1ccccc1. The fourth-order valence-corrected chi connectivity index (χ4v) is 2.89. The molecule has 0 fully saturated rings. The second-order valence-corrected chi connectivity index (χ2v) is 5.21. The van der Waals surface area contributed by atoms with E-state index in [1.807, 2.05) is 30.3 Å². The van der Waals surface area contributed by atoms with Crippen LogP contribution in [-0.4, -0.2) is 23.1 Å². The van der Waals surface area contributed by atoms with Gasteiger partial charge in [-0.15, -0.1) is 0 Å². The lowest BCUT2D eigenvalue weighted by Crippen LogP contribution is -2.20. The Morgan fingerprint density at radius 3 is 2.71 bits per heavy atom. The van der Waals surface area contributed by atoms with Crippen molar-refractivity contribution in [2.24, 2.45) is 0 Å². The van der Waals surface area contributed by atoms with Crippen molar-refractivity contribution in [2.75, 3.05) is 13.1 Å². The highest BCUT2D eigenvalue weighted by atomic mass is 16.6. The molecule has 3 rings (SSSR count). The molecule has 2 N–H and O–H groups in total. The number of nitrogens with one attached hydrogen (secondary N) is 1. The van der Waals surface area contributed by atoms with E-state index in [-0.39, 0.29) is 17.4 Å². The number of hydrogen-bond acceptors (Lipinski definition) is 4. The van der Waals surface area contributed by atoms with Gasteiger partial charge in [0.2, 0.25) is 0 Å². The van der Waals surface area contributed by atoms with E-state index in [1.165, 1.54) is 12.1 Å². The van der Waals surface area contributed by atoms with Crippen molar-refractivity contribution < 1.29 is 10.0 Å². The summed E-state index contributed by atoms with van der Waals surface area (Å²) in [6.45, 7) is 1.53. The first-order chi connectivity index (χ1) is 10.2. The van der Waals surface area contributed by atoms with Gasteiger partial charge in [0.15, 0.2) is 5.75 Å². The first-order valence-electron chi connectivity index (χ1n) is 6.92. The van der Waals surface area contributed by atoms with Crippen LogP contribution in [0.15, 0.2) is 42.5 Å². The molecule has 21 heavy (non-hydrogen) atoms. The molecule has 2 aromatic carbocycles. The third kappa shape index (κ3) is 2.60. The maximum absolute atomic E-state index is 11.1. The Bertz CT molecular complexity index is 671. The molecule has 5 heteroatoms. The molecule has 0 saturated carbocycles. The van der Waals surface area contributed by atoms with Gasteiger partial charge in [-0.25, -0.2) is 0 Å². The molecule has 1 aliphatic heterocycles. The summed E-state index contributed by atoms with van der Waals surface area (Å²) in [5, 5.41) is 24.2. The van der Waals surface area contributed by atoms with E-state index in [4.69, 9.17) is 0 Å². The predicted octanol–water partition coefficient (Wildman–Crippen LogP) is 2.58. The second kappa shape index (κ2) is 5.54. The minimum atomic E-state index is -0.532. The summed E-state index contributed by atoms with van der Waals surface area (Å²) in [4.78, 5) is 10.5. The van der Waals surface area contributed by atoms with Crippen molar-refractivity contribution in [1.82, 2.24) is 5.32 Å². The van der Waals surface area contributed by atoms with Crippen LogP contribution in [0.5, 0.6) is 5.75 Å². The van der Waals surface area contributed by atoms with E-state index < -0.39 is 4.92 Å². The van der Waals surface area contributed by atoms with E-state index in [0.717, 1.165) is 36.2 Å². The number of nitro benzene ring substituents is 1. The van der Waals surface area contributed by atoms with Crippen molar-refractivity contribution >= 4 is 5.69 Å². The third-order valence-corrected chi connectivity index (χ3v) is 3.93. The van der Waals surface area contributed by atoms with Gasteiger partial charge in [0.25, 0.3) is 0 Å². The summed E-state index contributed by atoms with van der Waals surface area (Å²) in [7, 11) is 0. The first kappa shape index (κ1) is 13.6. The highest BCUT2D eigenvalue weighted by Crippen LogP contribution is 2.36. The van der Waals surface area contributed by atoms with Gasteiger partial charge in [-0.1, -0.05) is 30.3 Å². The van der Waals surface area contributed by atoms with Crippen molar-refractivity contribution in [3.05, 3.63) is 69.3 Å². The normalized spacial score (nSPS) is 17.8. The van der Waals surface area contributed by atoms with Gasteiger partial charge >= 0.3 is 5.69 Å². The summed E-state index contributed by atoms with van der Waals surface area (Å²) in [6.07, 6.45) is 0.754. The predicted molar refractivity (Wildman–Crippen MR) is 79.6 cm³/mol. The summed E-state index contributed by atoms with van der Waals surface area (Å²) >= 11 is 0. The number of phenolic OH excluding ortho intramolecular Hbond substituents is 1. The molecule has 2 aromatic rings. The molecular formula is C16H16N2O3. The lowest BCUT2D eigenvalue weighted by Gasteiger charge is -2.18. The molecule has 1 unspecified atom stereocenters. The standard InChI is InChI=1S/C16H16N2O3/c19-16-8-12-6-7-17-10-14(11-4-2-1-3-5-11)13(12)9-15(16)18(20)21/h1-5,8-9,14,17,19H,6-7,10H2. The Kier molecular flexibility index (Phi) is 3.58. The molecule has 0 radical (unpaired) electrons. The highest BCUT2D eigenvalue weighted by Gasteiger charge is 2.25. The summed E-state index contributed by atoms with van der Waals surface area (Å²) < 4.78 is 0. The molecule has 0 aliphatic carbocycles. The molecule has 0 saturated heterocycles. The Balaban J connectivity index is 2.14. The Morgan fingerprint density at radius 1 is 1.24 bits per heavy atom. The van der Waals surface area contributed by atoms with Gasteiger partial charge in [-0.05, 0) is 35.7 Å². The number of phenols is 1. The van der Waals surface area contributed by atoms with E-state index in [2.05, 4.69) is 5.32 Å². The van der Waals surface area contributed by atoms with Crippen LogP contribution in [0.4, 0.5) is 5.69 Å². The van der Waals surface area contributed by atoms with Gasteiger partial charge in [-0.2, -0.15) is 0 Å². The Hall–Kier alpha value is -2.40. The molecule has 108 valence electrons. The van der Waals surface area contributed by atoms with E-state index in [0.29, 0.717) is 0 Å². The summed E-state index contributed by atoms with van der Waals surface area (Å²) in [5.74, 6) is -0.199. The van der Waals surface area contributed by atoms with Gasteiger partial charge in [0.1, 0.15) is 0 Å². The molecule has 0 bridgehead atoms. The van der Waals surface area contributed by atoms with Crippen molar-refractivity contribution in [3.63, 3.8) is 0 Å². The van der Waals surface area contributed by atoms with Crippen molar-refractivity contribution in [3.8, 4) is 5.75 Å². The van der Waals surface area contributed by atoms with Crippen LogP contribution in [0.25, 0.3) is 0 Å². The monoisotopic (exact) mass is 284 g/mol. The first-order valence-corrected chi connectivity index (χ1v) is 6.92. The third-order valence-electron chi connectivity index (χ3n) is 3.93. The fraction of sp³-hybridized carbons (Fsp3) is 0.250. The average Bonchev–Trinajstić information content (AvgIpc) is 2.69. The number of hydrogen-bond donors (Lipinski definition) is 2. The number of aromatic hydroxyl groups is 1. The molecule has 1 heterocycles. The van der Waals surface area contributed by atoms with Crippen molar-refractivity contribution in [2.45, 2.75) is 12.3 Å². The second-order valence-electron chi connectivity index (χ2n) is 5.21. The lowest BCUT2D eigenvalue weighted by molar-refractivity contribution is -0.385. The smallest absolute Gasteiger partial charge is 0.311 e. The zero-order valence-corrected chi connectivity index (χ0v) is 11.5. The minimum absolute atomic E-state index is 0.0583. The highest BCUT2D eigenvalue weighted by molar-refractivity contribution is 5.54. The van der Waals surface area contributed by atoms with Gasteiger partial charge in [-0.3, -0.25) is 10.1 Å². The molecule has 1 atom stereocenters. The van der Waals surface area contributed by atoms with Crippen LogP contribution in [-0.2, 0) is 6.42 Å². The lowest BCUT2D eigenvalue weighted by atomic mass is 9.87. The van der Waals surface area contributed by atoms with Crippen LogP contribution >= 0.6 is 0 Å². The minimum Gasteiger partial charge on any atom is -0.502 e. The maximum Gasteiger partial charge on any atom is 0.311 e. The quantitative estimate of drug-likeness (QED) is 0.656. The largest absolute Gasteiger partial charge is 0.502 e. The number of nitrogens with zero attached hydrogens (tertiary/aromatic N) is 1. The molecule has 5 nitrogen and oxygen atoms in total. The van der Waals surface area contributed by atoms with Gasteiger partial charge in [0.05, 0.1) is 4.92 Å². The number of benzene rings is 2. The molecular weight excluding hydrogens is 268 g/mol. The zero-order chi connectivity index (χ0) is 14.8. The van der Waals surface area contributed by atoms with E-state index in [1.54, 1.807) is 0 Å². The topological polar surface area (TPSA) is 75.4 Å². The van der Waals surface area contributed by atoms with Crippen LogP contribution in [0.2, 0.25) is 0 Å². The van der Waals surface area contributed by atoms with Gasteiger partial charge < -0.3 is 10.4 Å². The van der Waals surface area contributed by atoms with Crippen LogP contribution in [0, 0.1) is 10.1 Å². The van der Waals surface area contributed by atoms with Gasteiger partial charge in [0, 0.05) is 18.5 Å². The summed E-state index contributed by atoms with van der Waals surface area (Å²) in [5.41, 5.74) is 2.79.